The van der Waals surface area contributed by atoms with E-state index >= 15 is 0 Å². The standard InChI is InChI=1S/C17H22ClNO/c1-7-13(12-19(5)8-2)17(3,4)14-9-10-15(18)16(11-14)20-6/h1,9-12H,8H2,2-6H3/b13-12+. The lowest BCUT2D eigenvalue weighted by Gasteiger charge is -2.28. The Bertz CT molecular complexity index is 540. The second kappa shape index (κ2) is 6.72. The van der Waals surface area contributed by atoms with E-state index in [0.717, 1.165) is 17.7 Å². The summed E-state index contributed by atoms with van der Waals surface area (Å²) in [4.78, 5) is 2.07. The van der Waals surface area contributed by atoms with E-state index in [2.05, 4.69) is 31.6 Å². The number of nitrogens with zero attached hydrogens (tertiary/aromatic N) is 1. The minimum atomic E-state index is -0.282. The highest BCUT2D eigenvalue weighted by Crippen LogP contribution is 2.35. The summed E-state index contributed by atoms with van der Waals surface area (Å²) in [5, 5.41) is 0.601. The molecule has 0 aliphatic heterocycles. The zero-order valence-corrected chi connectivity index (χ0v) is 13.6. The van der Waals surface area contributed by atoms with Gasteiger partial charge >= 0.3 is 0 Å². The largest absolute Gasteiger partial charge is 0.495 e. The van der Waals surface area contributed by atoms with Gasteiger partial charge in [-0.25, -0.2) is 0 Å². The van der Waals surface area contributed by atoms with Gasteiger partial charge in [-0.05, 0) is 24.6 Å². The molecule has 1 rings (SSSR count). The number of ether oxygens (including phenoxy) is 1. The monoisotopic (exact) mass is 291 g/mol. The number of allylic oxidation sites excluding steroid dienone is 1. The van der Waals surface area contributed by atoms with Gasteiger partial charge < -0.3 is 9.64 Å². The SMILES string of the molecule is C#C/C(=C\N(C)CC)C(C)(C)c1ccc(Cl)c(OC)c1. The Balaban J connectivity index is 3.27. The van der Waals surface area contributed by atoms with E-state index in [9.17, 15) is 0 Å². The van der Waals surface area contributed by atoms with Crippen molar-refractivity contribution in [2.45, 2.75) is 26.2 Å². The maximum absolute atomic E-state index is 6.08. The lowest BCUT2D eigenvalue weighted by atomic mass is 9.78. The maximum atomic E-state index is 6.08. The van der Waals surface area contributed by atoms with Gasteiger partial charge in [-0.2, -0.15) is 0 Å². The first-order chi connectivity index (χ1) is 9.36. The van der Waals surface area contributed by atoms with Crippen LogP contribution in [0.5, 0.6) is 5.75 Å². The first-order valence-corrected chi connectivity index (χ1v) is 6.97. The van der Waals surface area contributed by atoms with Gasteiger partial charge in [0.1, 0.15) is 5.75 Å². The van der Waals surface area contributed by atoms with E-state index in [1.54, 1.807) is 7.11 Å². The van der Waals surface area contributed by atoms with Crippen molar-refractivity contribution in [1.29, 1.82) is 0 Å². The van der Waals surface area contributed by atoms with Gasteiger partial charge in [-0.15, -0.1) is 6.42 Å². The molecule has 108 valence electrons. The molecule has 1 aromatic rings. The fourth-order valence-electron chi connectivity index (χ4n) is 1.89. The second-order valence-corrected chi connectivity index (χ2v) is 5.64. The van der Waals surface area contributed by atoms with Crippen molar-refractivity contribution in [3.63, 3.8) is 0 Å². The Morgan fingerprint density at radius 3 is 2.65 bits per heavy atom. The minimum absolute atomic E-state index is 0.282. The van der Waals surface area contributed by atoms with Gasteiger partial charge in [-0.3, -0.25) is 0 Å². The van der Waals surface area contributed by atoms with Gasteiger partial charge in [0.2, 0.25) is 0 Å². The normalized spacial score (nSPS) is 11.9. The average molecular weight is 292 g/mol. The highest BCUT2D eigenvalue weighted by Gasteiger charge is 2.26. The van der Waals surface area contributed by atoms with Gasteiger partial charge in [0, 0.05) is 30.8 Å². The summed E-state index contributed by atoms with van der Waals surface area (Å²) < 4.78 is 5.28. The Morgan fingerprint density at radius 1 is 1.50 bits per heavy atom. The lowest BCUT2D eigenvalue weighted by molar-refractivity contribution is 0.413. The first kappa shape index (κ1) is 16.5. The van der Waals surface area contributed by atoms with Crippen LogP contribution in [-0.2, 0) is 5.41 Å². The van der Waals surface area contributed by atoms with E-state index < -0.39 is 0 Å². The molecule has 0 saturated carbocycles. The summed E-state index contributed by atoms with van der Waals surface area (Å²) in [7, 11) is 3.62. The van der Waals surface area contributed by atoms with Gasteiger partial charge in [0.05, 0.1) is 12.1 Å². The van der Waals surface area contributed by atoms with Crippen LogP contribution in [0.2, 0.25) is 5.02 Å². The van der Waals surface area contributed by atoms with E-state index in [4.69, 9.17) is 22.8 Å². The summed E-state index contributed by atoms with van der Waals surface area (Å²) in [6.45, 7) is 7.20. The van der Waals surface area contributed by atoms with Crippen LogP contribution in [0.15, 0.2) is 30.0 Å². The van der Waals surface area contributed by atoms with Crippen LogP contribution in [0, 0.1) is 12.3 Å². The van der Waals surface area contributed by atoms with Crippen molar-refractivity contribution in [1.82, 2.24) is 4.90 Å². The van der Waals surface area contributed by atoms with Crippen molar-refractivity contribution >= 4 is 11.6 Å². The molecule has 0 fully saturated rings. The highest BCUT2D eigenvalue weighted by molar-refractivity contribution is 6.32. The molecule has 0 heterocycles. The van der Waals surface area contributed by atoms with Gasteiger partial charge in [0.15, 0.2) is 0 Å². The molecular weight excluding hydrogens is 270 g/mol. The molecular formula is C17H22ClNO. The summed E-state index contributed by atoms with van der Waals surface area (Å²) in [6.07, 6.45) is 7.71. The molecule has 0 atom stereocenters. The van der Waals surface area contributed by atoms with Crippen molar-refractivity contribution in [2.24, 2.45) is 0 Å². The predicted octanol–water partition coefficient (Wildman–Crippen LogP) is 4.10. The number of rotatable bonds is 5. The predicted molar refractivity (Wildman–Crippen MR) is 86.3 cm³/mol. The number of benzene rings is 1. The number of terminal acetylenes is 1. The van der Waals surface area contributed by atoms with E-state index in [-0.39, 0.29) is 5.41 Å². The van der Waals surface area contributed by atoms with E-state index in [0.29, 0.717) is 10.8 Å². The molecule has 0 aliphatic rings. The van der Waals surface area contributed by atoms with Crippen LogP contribution >= 0.6 is 11.6 Å². The second-order valence-electron chi connectivity index (χ2n) is 5.23. The number of methoxy groups -OCH3 is 1. The molecule has 0 radical (unpaired) electrons. The summed E-state index contributed by atoms with van der Waals surface area (Å²) in [5.74, 6) is 3.47. The van der Waals surface area contributed by atoms with Gasteiger partial charge in [-0.1, -0.05) is 37.4 Å². The minimum Gasteiger partial charge on any atom is -0.495 e. The summed E-state index contributed by atoms with van der Waals surface area (Å²) in [6, 6.07) is 5.77. The molecule has 2 nitrogen and oxygen atoms in total. The third-order valence-corrected chi connectivity index (χ3v) is 3.86. The Labute approximate surface area is 127 Å². The van der Waals surface area contributed by atoms with Crippen LogP contribution in [0.3, 0.4) is 0 Å². The topological polar surface area (TPSA) is 12.5 Å². The van der Waals surface area contributed by atoms with Crippen molar-refractivity contribution < 1.29 is 4.74 Å². The molecule has 0 saturated heterocycles. The zero-order valence-electron chi connectivity index (χ0n) is 12.8. The molecule has 20 heavy (non-hydrogen) atoms. The molecule has 0 aromatic heterocycles. The van der Waals surface area contributed by atoms with Crippen LogP contribution in [0.1, 0.15) is 26.3 Å². The number of halogens is 1. The smallest absolute Gasteiger partial charge is 0.137 e. The molecule has 0 aliphatic carbocycles. The quantitative estimate of drug-likeness (QED) is 0.758. The maximum Gasteiger partial charge on any atom is 0.137 e. The Morgan fingerprint density at radius 2 is 2.15 bits per heavy atom. The van der Waals surface area contributed by atoms with Crippen LogP contribution < -0.4 is 4.74 Å². The van der Waals surface area contributed by atoms with Gasteiger partial charge in [0.25, 0.3) is 0 Å². The number of hydrogen-bond acceptors (Lipinski definition) is 2. The van der Waals surface area contributed by atoms with Crippen LogP contribution in [-0.4, -0.2) is 25.6 Å². The molecule has 1 aromatic carbocycles. The zero-order chi connectivity index (χ0) is 15.3. The summed E-state index contributed by atoms with van der Waals surface area (Å²) >= 11 is 6.08. The molecule has 0 amide bonds. The highest BCUT2D eigenvalue weighted by atomic mass is 35.5. The molecule has 0 N–H and O–H groups in total. The van der Waals surface area contributed by atoms with Crippen LogP contribution in [0.4, 0.5) is 0 Å². The Kier molecular flexibility index (Phi) is 5.53. The van der Waals surface area contributed by atoms with E-state index in [1.807, 2.05) is 31.4 Å². The van der Waals surface area contributed by atoms with Crippen LogP contribution in [0.25, 0.3) is 0 Å². The lowest BCUT2D eigenvalue weighted by Crippen LogP contribution is -2.22. The van der Waals surface area contributed by atoms with Crippen molar-refractivity contribution in [2.75, 3.05) is 20.7 Å². The average Bonchev–Trinajstić information content (AvgIpc) is 2.44. The Hall–Kier alpha value is -1.59. The molecule has 0 unspecified atom stereocenters. The fraction of sp³-hybridized carbons (Fsp3) is 0.412. The third-order valence-electron chi connectivity index (χ3n) is 3.55. The molecule has 0 bridgehead atoms. The van der Waals surface area contributed by atoms with Crippen molar-refractivity contribution in [3.05, 3.63) is 40.6 Å². The van der Waals surface area contributed by atoms with E-state index in [1.165, 1.54) is 0 Å². The number of hydrogen-bond donors (Lipinski definition) is 0. The fourth-order valence-corrected chi connectivity index (χ4v) is 2.09. The first-order valence-electron chi connectivity index (χ1n) is 6.60. The van der Waals surface area contributed by atoms with Crippen molar-refractivity contribution in [3.8, 4) is 18.1 Å². The summed E-state index contributed by atoms with van der Waals surface area (Å²) in [5.41, 5.74) is 1.72. The molecule has 3 heteroatoms. The molecule has 0 spiro atoms. The third kappa shape index (κ3) is 3.49.